The second kappa shape index (κ2) is 8.65. The van der Waals surface area contributed by atoms with E-state index in [-0.39, 0.29) is 18.0 Å². The smallest absolute Gasteiger partial charge is 0.339 e. The van der Waals surface area contributed by atoms with Gasteiger partial charge in [-0.2, -0.15) is 11.3 Å². The maximum absolute atomic E-state index is 13.1. The van der Waals surface area contributed by atoms with Crippen LogP contribution in [0.4, 0.5) is 0 Å². The van der Waals surface area contributed by atoms with Crippen molar-refractivity contribution in [2.24, 2.45) is 0 Å². The first kappa shape index (κ1) is 20.0. The van der Waals surface area contributed by atoms with E-state index in [9.17, 15) is 9.59 Å². The van der Waals surface area contributed by atoms with Crippen LogP contribution in [0.15, 0.2) is 65.4 Å². The molecule has 3 aromatic rings. The van der Waals surface area contributed by atoms with Gasteiger partial charge in [-0.1, -0.05) is 30.3 Å². The van der Waals surface area contributed by atoms with Gasteiger partial charge in [-0.25, -0.2) is 4.79 Å². The molecule has 0 saturated carbocycles. The molecule has 1 saturated heterocycles. The topological polar surface area (TPSA) is 49.9 Å². The van der Waals surface area contributed by atoms with Crippen molar-refractivity contribution in [3.05, 3.63) is 93.2 Å². The zero-order chi connectivity index (χ0) is 21.2. The highest BCUT2D eigenvalue weighted by molar-refractivity contribution is 7.07. The van der Waals surface area contributed by atoms with Crippen LogP contribution in [0.5, 0.6) is 0 Å². The summed E-state index contributed by atoms with van der Waals surface area (Å²) in [6, 6.07) is 17.3. The zero-order valence-electron chi connectivity index (χ0n) is 17.2. The van der Waals surface area contributed by atoms with E-state index in [0.29, 0.717) is 17.5 Å². The molecule has 5 rings (SSSR count). The molecule has 1 unspecified atom stereocenters. The zero-order valence-corrected chi connectivity index (χ0v) is 18.0. The maximum atomic E-state index is 13.1. The number of carbonyl (C=O) groups is 2. The molecular weight excluding hydrogens is 408 g/mol. The Bertz CT molecular complexity index is 1070. The lowest BCUT2D eigenvalue weighted by Crippen LogP contribution is -2.48. The molecule has 0 bridgehead atoms. The molecule has 0 N–H and O–H groups in total. The van der Waals surface area contributed by atoms with Gasteiger partial charge in [0.25, 0.3) is 5.91 Å². The van der Waals surface area contributed by atoms with Gasteiger partial charge in [0.2, 0.25) is 0 Å². The number of cyclic esters (lactones) is 1. The monoisotopic (exact) mass is 432 g/mol. The molecule has 158 valence electrons. The van der Waals surface area contributed by atoms with Crippen molar-refractivity contribution >= 4 is 23.2 Å². The Labute approximate surface area is 185 Å². The third-order valence-corrected chi connectivity index (χ3v) is 6.78. The molecule has 2 aliphatic heterocycles. The molecular formula is C25H24N2O3S. The van der Waals surface area contributed by atoms with Crippen molar-refractivity contribution in [2.75, 3.05) is 26.2 Å². The molecule has 0 spiro atoms. The van der Waals surface area contributed by atoms with Gasteiger partial charge in [0.1, 0.15) is 6.10 Å². The van der Waals surface area contributed by atoms with Crippen LogP contribution in [0.2, 0.25) is 0 Å². The normalized spacial score (nSPS) is 19.0. The Morgan fingerprint density at radius 2 is 1.84 bits per heavy atom. The van der Waals surface area contributed by atoms with Crippen LogP contribution >= 0.6 is 11.3 Å². The lowest BCUT2D eigenvalue weighted by atomic mass is 9.93. The number of thiophene rings is 1. The van der Waals surface area contributed by atoms with Crippen LogP contribution in [-0.2, 0) is 17.7 Å². The van der Waals surface area contributed by atoms with Gasteiger partial charge >= 0.3 is 5.97 Å². The molecule has 1 fully saturated rings. The minimum Gasteiger partial charge on any atom is -0.454 e. The van der Waals surface area contributed by atoms with Crippen molar-refractivity contribution in [3.8, 4) is 0 Å². The fourth-order valence-corrected chi connectivity index (χ4v) is 4.97. The third kappa shape index (κ3) is 4.27. The van der Waals surface area contributed by atoms with E-state index in [1.807, 2.05) is 41.3 Å². The number of ether oxygens (including phenoxy) is 1. The Kier molecular flexibility index (Phi) is 5.57. The number of hydrogen-bond donors (Lipinski definition) is 0. The fraction of sp³-hybridized carbons (Fsp3) is 0.280. The maximum Gasteiger partial charge on any atom is 0.339 e. The number of amides is 1. The number of piperazine rings is 1. The van der Waals surface area contributed by atoms with Crippen LogP contribution in [0.25, 0.3) is 0 Å². The Morgan fingerprint density at radius 3 is 2.58 bits per heavy atom. The first-order valence-electron chi connectivity index (χ1n) is 10.6. The number of rotatable bonds is 4. The molecule has 1 atom stereocenters. The third-order valence-electron chi connectivity index (χ3n) is 6.04. The predicted molar refractivity (Wildman–Crippen MR) is 120 cm³/mol. The van der Waals surface area contributed by atoms with Crippen LogP contribution in [0.1, 0.15) is 43.5 Å². The summed E-state index contributed by atoms with van der Waals surface area (Å²) in [4.78, 5) is 29.9. The largest absolute Gasteiger partial charge is 0.454 e. The van der Waals surface area contributed by atoms with Gasteiger partial charge < -0.3 is 9.64 Å². The van der Waals surface area contributed by atoms with Crippen molar-refractivity contribution in [1.82, 2.24) is 9.80 Å². The summed E-state index contributed by atoms with van der Waals surface area (Å²) in [5.41, 5.74) is 4.39. The number of hydrogen-bond acceptors (Lipinski definition) is 5. The number of carbonyl (C=O) groups excluding carboxylic acids is 2. The summed E-state index contributed by atoms with van der Waals surface area (Å²) in [6.07, 6.45) is 0.271. The molecule has 2 aliphatic rings. The lowest BCUT2D eigenvalue weighted by molar-refractivity contribution is 0.0252. The van der Waals surface area contributed by atoms with Gasteiger partial charge in [-0.3, -0.25) is 9.69 Å². The first-order chi connectivity index (χ1) is 15.2. The lowest BCUT2D eigenvalue weighted by Gasteiger charge is -2.35. The number of nitrogens with zero attached hydrogens (tertiary/aromatic N) is 2. The van der Waals surface area contributed by atoms with Crippen molar-refractivity contribution < 1.29 is 14.3 Å². The van der Waals surface area contributed by atoms with E-state index in [1.165, 1.54) is 5.56 Å². The molecule has 6 heteroatoms. The molecule has 5 nitrogen and oxygen atoms in total. The van der Waals surface area contributed by atoms with Gasteiger partial charge in [-0.05, 0) is 51.7 Å². The van der Waals surface area contributed by atoms with Crippen molar-refractivity contribution in [3.63, 3.8) is 0 Å². The molecule has 1 aromatic heterocycles. The second-order valence-electron chi connectivity index (χ2n) is 8.08. The van der Waals surface area contributed by atoms with Gasteiger partial charge in [0.15, 0.2) is 0 Å². The van der Waals surface area contributed by atoms with Gasteiger partial charge in [0, 0.05) is 44.7 Å². The Hall–Kier alpha value is -2.96. The number of benzene rings is 2. The van der Waals surface area contributed by atoms with Gasteiger partial charge in [0.05, 0.1) is 5.56 Å². The van der Waals surface area contributed by atoms with E-state index in [4.69, 9.17) is 4.74 Å². The Balaban J connectivity index is 1.27. The van der Waals surface area contributed by atoms with Crippen molar-refractivity contribution in [1.29, 1.82) is 0 Å². The molecule has 0 aliphatic carbocycles. The highest BCUT2D eigenvalue weighted by Crippen LogP contribution is 2.31. The van der Waals surface area contributed by atoms with Crippen LogP contribution in [0.3, 0.4) is 0 Å². The first-order valence-corrected chi connectivity index (χ1v) is 11.5. The van der Waals surface area contributed by atoms with Crippen molar-refractivity contribution in [2.45, 2.75) is 19.1 Å². The SMILES string of the molecule is O=C1OC(c2ccccc2)Cc2cc(C(=O)N3CCN(Cc4ccsc4)CC3)ccc21. The molecule has 1 amide bonds. The van der Waals surface area contributed by atoms with E-state index in [1.54, 1.807) is 23.5 Å². The second-order valence-corrected chi connectivity index (χ2v) is 8.86. The van der Waals surface area contributed by atoms with Gasteiger partial charge in [-0.15, -0.1) is 0 Å². The average molecular weight is 433 g/mol. The summed E-state index contributed by atoms with van der Waals surface area (Å²) >= 11 is 1.72. The van der Waals surface area contributed by atoms with E-state index in [0.717, 1.165) is 43.9 Å². The van der Waals surface area contributed by atoms with Crippen LogP contribution in [-0.4, -0.2) is 47.9 Å². The molecule has 2 aromatic carbocycles. The van der Waals surface area contributed by atoms with Crippen LogP contribution < -0.4 is 0 Å². The minimum atomic E-state index is -0.323. The molecule has 31 heavy (non-hydrogen) atoms. The highest BCUT2D eigenvalue weighted by Gasteiger charge is 2.29. The van der Waals surface area contributed by atoms with E-state index in [2.05, 4.69) is 21.7 Å². The number of esters is 1. The summed E-state index contributed by atoms with van der Waals surface area (Å²) < 4.78 is 5.63. The summed E-state index contributed by atoms with van der Waals surface area (Å²) in [7, 11) is 0. The quantitative estimate of drug-likeness (QED) is 0.581. The fourth-order valence-electron chi connectivity index (χ4n) is 4.31. The summed E-state index contributed by atoms with van der Waals surface area (Å²) in [5, 5.41) is 4.28. The average Bonchev–Trinajstić information content (AvgIpc) is 3.32. The minimum absolute atomic E-state index is 0.0354. The van der Waals surface area contributed by atoms with Crippen LogP contribution in [0, 0.1) is 0 Å². The standard InChI is InChI=1S/C25H24N2O3S/c28-24(27-11-9-26(10-12-27)16-18-8-13-31-17-18)20-6-7-22-21(14-20)15-23(30-25(22)29)19-4-2-1-3-5-19/h1-8,13-14,17,23H,9-12,15-16H2. The number of fused-ring (bicyclic) bond motifs is 1. The highest BCUT2D eigenvalue weighted by atomic mass is 32.1. The van der Waals surface area contributed by atoms with E-state index < -0.39 is 0 Å². The predicted octanol–water partition coefficient (Wildman–Crippen LogP) is 4.16. The summed E-state index contributed by atoms with van der Waals surface area (Å²) in [5.74, 6) is -0.288. The van der Waals surface area contributed by atoms with E-state index >= 15 is 0 Å². The molecule has 0 radical (unpaired) electrons. The molecule has 3 heterocycles. The Morgan fingerprint density at radius 1 is 1.03 bits per heavy atom. The summed E-state index contributed by atoms with van der Waals surface area (Å²) in [6.45, 7) is 4.11.